The van der Waals surface area contributed by atoms with E-state index in [4.69, 9.17) is 0 Å². The van der Waals surface area contributed by atoms with E-state index in [0.717, 1.165) is 5.52 Å². The van der Waals surface area contributed by atoms with Crippen molar-refractivity contribution in [3.8, 4) is 0 Å². The second kappa shape index (κ2) is 6.26. The number of sulfonamides is 1. The van der Waals surface area contributed by atoms with Gasteiger partial charge in [-0.05, 0) is 18.2 Å². The number of aryl methyl sites for hydroxylation is 1. The molecule has 25 heavy (non-hydrogen) atoms. The van der Waals surface area contributed by atoms with E-state index in [1.807, 2.05) is 22.4 Å². The van der Waals surface area contributed by atoms with E-state index < -0.39 is 32.5 Å². The van der Waals surface area contributed by atoms with Crippen LogP contribution in [0.4, 0.5) is 8.78 Å². The molecular formula is C16H13F2N3O3S. The SMILES string of the molecule is Cn1cc(C(=O)NNS(=O)(=O)c2cc(F)cc(F)c2)c2ccccc21. The second-order valence-electron chi connectivity index (χ2n) is 5.34. The topological polar surface area (TPSA) is 80.2 Å². The highest BCUT2D eigenvalue weighted by Gasteiger charge is 2.19. The summed E-state index contributed by atoms with van der Waals surface area (Å²) in [5.41, 5.74) is 3.10. The fourth-order valence-corrected chi connectivity index (χ4v) is 3.33. The van der Waals surface area contributed by atoms with Crippen molar-refractivity contribution < 1.29 is 22.0 Å². The van der Waals surface area contributed by atoms with Crippen molar-refractivity contribution in [2.45, 2.75) is 4.90 Å². The number of hydrogen-bond donors (Lipinski definition) is 2. The summed E-state index contributed by atoms with van der Waals surface area (Å²) in [6.07, 6.45) is 1.55. The van der Waals surface area contributed by atoms with Crippen LogP contribution < -0.4 is 10.3 Å². The van der Waals surface area contributed by atoms with Crippen LogP contribution in [0.3, 0.4) is 0 Å². The van der Waals surface area contributed by atoms with Crippen LogP contribution in [0.2, 0.25) is 0 Å². The van der Waals surface area contributed by atoms with Crippen LogP contribution in [-0.4, -0.2) is 18.9 Å². The Bertz CT molecular complexity index is 1060. The van der Waals surface area contributed by atoms with E-state index in [2.05, 4.69) is 0 Å². The Kier molecular flexibility index (Phi) is 4.27. The number of para-hydroxylation sites is 1. The molecule has 6 nitrogen and oxygen atoms in total. The van der Waals surface area contributed by atoms with Crippen molar-refractivity contribution in [1.29, 1.82) is 0 Å². The predicted molar refractivity (Wildman–Crippen MR) is 87.1 cm³/mol. The lowest BCUT2D eigenvalue weighted by Crippen LogP contribution is -2.41. The van der Waals surface area contributed by atoms with Crippen LogP contribution in [0.5, 0.6) is 0 Å². The highest BCUT2D eigenvalue weighted by Crippen LogP contribution is 2.20. The Hall–Kier alpha value is -2.78. The molecule has 0 aliphatic carbocycles. The molecule has 0 aliphatic rings. The number of halogens is 2. The molecule has 0 saturated heterocycles. The molecule has 0 atom stereocenters. The number of nitrogens with one attached hydrogen (secondary N) is 2. The Morgan fingerprint density at radius 3 is 2.40 bits per heavy atom. The molecule has 0 aliphatic heterocycles. The molecule has 9 heteroatoms. The molecule has 3 aromatic rings. The summed E-state index contributed by atoms with van der Waals surface area (Å²) in [7, 11) is -2.57. The average Bonchev–Trinajstić information content (AvgIpc) is 2.89. The van der Waals surface area contributed by atoms with Gasteiger partial charge in [-0.2, -0.15) is 0 Å². The Balaban J connectivity index is 1.84. The summed E-state index contributed by atoms with van der Waals surface area (Å²) in [5.74, 6) is -2.78. The average molecular weight is 365 g/mol. The quantitative estimate of drug-likeness (QED) is 0.695. The van der Waals surface area contributed by atoms with Crippen molar-refractivity contribution in [3.05, 3.63) is 65.9 Å². The van der Waals surface area contributed by atoms with Gasteiger partial charge in [-0.3, -0.25) is 10.2 Å². The highest BCUT2D eigenvalue weighted by molar-refractivity contribution is 7.89. The molecule has 0 saturated carbocycles. The van der Waals surface area contributed by atoms with E-state index >= 15 is 0 Å². The third-order valence-electron chi connectivity index (χ3n) is 3.59. The summed E-state index contributed by atoms with van der Waals surface area (Å²) < 4.78 is 52.2. The number of nitrogens with zero attached hydrogens (tertiary/aromatic N) is 1. The molecule has 0 unspecified atom stereocenters. The molecule has 3 rings (SSSR count). The van der Waals surface area contributed by atoms with E-state index in [-0.39, 0.29) is 5.56 Å². The fourth-order valence-electron chi connectivity index (χ4n) is 2.45. The maximum atomic E-state index is 13.2. The van der Waals surface area contributed by atoms with Gasteiger partial charge in [0, 0.05) is 30.2 Å². The van der Waals surface area contributed by atoms with E-state index in [9.17, 15) is 22.0 Å². The lowest BCUT2D eigenvalue weighted by atomic mass is 10.2. The number of amides is 1. The van der Waals surface area contributed by atoms with Gasteiger partial charge in [-0.15, -0.1) is 4.83 Å². The van der Waals surface area contributed by atoms with Gasteiger partial charge >= 0.3 is 0 Å². The monoisotopic (exact) mass is 365 g/mol. The third-order valence-corrected chi connectivity index (χ3v) is 4.81. The maximum absolute atomic E-state index is 13.2. The molecule has 0 radical (unpaired) electrons. The van der Waals surface area contributed by atoms with Gasteiger partial charge in [0.1, 0.15) is 11.6 Å². The van der Waals surface area contributed by atoms with Gasteiger partial charge < -0.3 is 4.57 Å². The zero-order valence-corrected chi connectivity index (χ0v) is 13.8. The smallest absolute Gasteiger partial charge is 0.268 e. The van der Waals surface area contributed by atoms with Gasteiger partial charge in [-0.1, -0.05) is 18.2 Å². The molecule has 0 spiro atoms. The molecular weight excluding hydrogens is 352 g/mol. The summed E-state index contributed by atoms with van der Waals surface area (Å²) >= 11 is 0. The first kappa shape index (κ1) is 17.1. The Morgan fingerprint density at radius 1 is 1.08 bits per heavy atom. The van der Waals surface area contributed by atoms with Crippen molar-refractivity contribution in [2.75, 3.05) is 0 Å². The van der Waals surface area contributed by atoms with E-state index in [0.29, 0.717) is 23.6 Å². The molecule has 1 heterocycles. The standard InChI is InChI=1S/C16H13F2N3O3S/c1-21-9-14(13-4-2-3-5-15(13)21)16(22)19-20-25(23,24)12-7-10(17)6-11(18)8-12/h2-9,20H,1H3,(H,19,22). The van der Waals surface area contributed by atoms with Crippen molar-refractivity contribution in [3.63, 3.8) is 0 Å². The van der Waals surface area contributed by atoms with Crippen LogP contribution in [-0.2, 0) is 17.1 Å². The van der Waals surface area contributed by atoms with Gasteiger partial charge in [0.2, 0.25) is 0 Å². The third kappa shape index (κ3) is 3.37. The van der Waals surface area contributed by atoms with Gasteiger partial charge in [-0.25, -0.2) is 17.2 Å². The number of benzene rings is 2. The van der Waals surface area contributed by atoms with E-state index in [1.165, 1.54) is 0 Å². The minimum Gasteiger partial charge on any atom is -0.350 e. The molecule has 130 valence electrons. The van der Waals surface area contributed by atoms with Crippen molar-refractivity contribution >= 4 is 26.8 Å². The van der Waals surface area contributed by atoms with Crippen LogP contribution in [0, 0.1) is 11.6 Å². The first-order valence-electron chi connectivity index (χ1n) is 7.10. The Morgan fingerprint density at radius 2 is 1.72 bits per heavy atom. The summed E-state index contributed by atoms with van der Waals surface area (Å²) in [5, 5.41) is 0.637. The number of hydrogen-bond acceptors (Lipinski definition) is 3. The normalized spacial score (nSPS) is 11.6. The zero-order chi connectivity index (χ0) is 18.2. The molecule has 0 bridgehead atoms. The predicted octanol–water partition coefficient (Wildman–Crippen LogP) is 2.08. The number of carbonyl (C=O) groups excluding carboxylic acids is 1. The number of rotatable bonds is 4. The number of carbonyl (C=O) groups is 1. The summed E-state index contributed by atoms with van der Waals surface area (Å²) in [4.78, 5) is 13.5. The fraction of sp³-hybridized carbons (Fsp3) is 0.0625. The van der Waals surface area contributed by atoms with Crippen LogP contribution in [0.25, 0.3) is 10.9 Å². The molecule has 2 N–H and O–H groups in total. The first-order chi connectivity index (χ1) is 11.8. The van der Waals surface area contributed by atoms with Gasteiger partial charge in [0.15, 0.2) is 0 Å². The number of fused-ring (bicyclic) bond motifs is 1. The second-order valence-corrected chi connectivity index (χ2v) is 7.02. The Labute approximate surface area is 142 Å². The zero-order valence-electron chi connectivity index (χ0n) is 13.0. The van der Waals surface area contributed by atoms with E-state index in [1.54, 1.807) is 29.9 Å². The van der Waals surface area contributed by atoms with Crippen molar-refractivity contribution in [2.24, 2.45) is 7.05 Å². The molecule has 2 aromatic carbocycles. The highest BCUT2D eigenvalue weighted by atomic mass is 32.2. The van der Waals surface area contributed by atoms with Crippen LogP contribution >= 0.6 is 0 Å². The minimum absolute atomic E-state index is 0.256. The molecule has 1 amide bonds. The number of aromatic nitrogens is 1. The van der Waals surface area contributed by atoms with Gasteiger partial charge in [0.05, 0.1) is 10.5 Å². The summed E-state index contributed by atoms with van der Waals surface area (Å²) in [6.45, 7) is 0. The first-order valence-corrected chi connectivity index (χ1v) is 8.58. The lowest BCUT2D eigenvalue weighted by molar-refractivity contribution is 0.0946. The maximum Gasteiger partial charge on any atom is 0.268 e. The molecule has 1 aromatic heterocycles. The minimum atomic E-state index is -4.32. The van der Waals surface area contributed by atoms with Crippen LogP contribution in [0.15, 0.2) is 53.6 Å². The number of hydrazine groups is 1. The molecule has 0 fully saturated rings. The van der Waals surface area contributed by atoms with Crippen molar-refractivity contribution in [1.82, 2.24) is 14.8 Å². The summed E-state index contributed by atoms with van der Waals surface area (Å²) in [6, 6.07) is 8.94. The van der Waals surface area contributed by atoms with Crippen LogP contribution in [0.1, 0.15) is 10.4 Å². The van der Waals surface area contributed by atoms with Gasteiger partial charge in [0.25, 0.3) is 15.9 Å². The lowest BCUT2D eigenvalue weighted by Gasteiger charge is -2.08. The largest absolute Gasteiger partial charge is 0.350 e.